The third-order valence-electron chi connectivity index (χ3n) is 5.07. The zero-order valence-electron chi connectivity index (χ0n) is 18.0. The first-order valence-electron chi connectivity index (χ1n) is 10.3. The van der Waals surface area contributed by atoms with Gasteiger partial charge in [-0.15, -0.1) is 0 Å². The van der Waals surface area contributed by atoms with Crippen LogP contribution in [0.2, 0.25) is 0 Å². The number of esters is 1. The molecule has 0 aliphatic carbocycles. The van der Waals surface area contributed by atoms with Crippen molar-refractivity contribution in [1.29, 1.82) is 0 Å². The van der Waals surface area contributed by atoms with Gasteiger partial charge in [0.1, 0.15) is 25.8 Å². The summed E-state index contributed by atoms with van der Waals surface area (Å²) in [6.07, 6.45) is -1.38. The molecule has 7 nitrogen and oxygen atoms in total. The highest BCUT2D eigenvalue weighted by Crippen LogP contribution is 2.33. The van der Waals surface area contributed by atoms with E-state index in [1.165, 1.54) is 0 Å². The van der Waals surface area contributed by atoms with Crippen LogP contribution in [-0.4, -0.2) is 52.1 Å². The highest BCUT2D eigenvalue weighted by Gasteiger charge is 2.43. The molecule has 1 fully saturated rings. The van der Waals surface area contributed by atoms with E-state index in [1.54, 1.807) is 14.2 Å². The normalized spacial score (nSPS) is 20.8. The lowest BCUT2D eigenvalue weighted by molar-refractivity contribution is -0.227. The van der Waals surface area contributed by atoms with Gasteiger partial charge in [0, 0.05) is 20.6 Å². The number of cyclic esters (lactones) is 1. The molecule has 31 heavy (non-hydrogen) atoms. The molecule has 0 bridgehead atoms. The molecule has 0 aromatic heterocycles. The van der Waals surface area contributed by atoms with Crippen LogP contribution < -0.4 is 0 Å². The van der Waals surface area contributed by atoms with Crippen molar-refractivity contribution < 1.29 is 33.2 Å². The fraction of sp³-hybridized carbons (Fsp3) is 0.458. The Labute approximate surface area is 183 Å². The summed E-state index contributed by atoms with van der Waals surface area (Å²) in [7, 11) is 3.10. The fourth-order valence-electron chi connectivity index (χ4n) is 3.61. The summed E-state index contributed by atoms with van der Waals surface area (Å²) in [6.45, 7) is 0.484. The first kappa shape index (κ1) is 23.4. The number of rotatable bonds is 12. The maximum absolute atomic E-state index is 12.2. The smallest absolute Gasteiger partial charge is 0.306 e. The second kappa shape index (κ2) is 12.5. The quantitative estimate of drug-likeness (QED) is 0.376. The Balaban J connectivity index is 1.85. The molecular weight excluding hydrogens is 400 g/mol. The number of carbonyl (C=O) groups excluding carboxylic acids is 1. The molecule has 0 amide bonds. The number of methoxy groups -OCH3 is 2. The Bertz CT molecular complexity index is 768. The van der Waals surface area contributed by atoms with Crippen molar-refractivity contribution in [2.45, 2.75) is 43.9 Å². The average molecular weight is 430 g/mol. The molecule has 2 aromatic carbocycles. The summed E-state index contributed by atoms with van der Waals surface area (Å²) < 4.78 is 34.3. The van der Waals surface area contributed by atoms with Crippen LogP contribution in [0.25, 0.3) is 0 Å². The molecule has 0 unspecified atom stereocenters. The number of benzene rings is 2. The maximum atomic E-state index is 12.2. The van der Waals surface area contributed by atoms with Crippen molar-refractivity contribution in [2.75, 3.05) is 27.8 Å². The minimum atomic E-state index is -0.665. The number of carbonyl (C=O) groups is 1. The van der Waals surface area contributed by atoms with Crippen LogP contribution in [-0.2, 0) is 39.8 Å². The van der Waals surface area contributed by atoms with Crippen molar-refractivity contribution >= 4 is 5.97 Å². The number of hydrogen-bond acceptors (Lipinski definition) is 7. The second-order valence-corrected chi connectivity index (χ2v) is 7.27. The Kier molecular flexibility index (Phi) is 9.45. The summed E-state index contributed by atoms with van der Waals surface area (Å²) in [6, 6.07) is 19.5. The molecule has 0 N–H and O–H groups in total. The number of hydrogen-bond donors (Lipinski definition) is 0. The van der Waals surface area contributed by atoms with Gasteiger partial charge in [-0.3, -0.25) is 4.79 Å². The zero-order valence-corrected chi connectivity index (χ0v) is 18.0. The van der Waals surface area contributed by atoms with Gasteiger partial charge in [0.15, 0.2) is 6.10 Å². The van der Waals surface area contributed by atoms with Gasteiger partial charge in [-0.25, -0.2) is 0 Å². The van der Waals surface area contributed by atoms with Crippen molar-refractivity contribution in [3.8, 4) is 0 Å². The van der Waals surface area contributed by atoms with E-state index in [9.17, 15) is 4.79 Å². The van der Waals surface area contributed by atoms with Gasteiger partial charge in [-0.05, 0) is 17.5 Å². The lowest BCUT2D eigenvalue weighted by Crippen LogP contribution is -2.50. The third-order valence-corrected chi connectivity index (χ3v) is 5.07. The molecule has 0 spiro atoms. The summed E-state index contributed by atoms with van der Waals surface area (Å²) in [4.78, 5) is 12.2. The molecule has 4 atom stereocenters. The van der Waals surface area contributed by atoms with E-state index in [4.69, 9.17) is 28.4 Å². The molecule has 7 heteroatoms. The van der Waals surface area contributed by atoms with Crippen LogP contribution in [0.4, 0.5) is 0 Å². The molecule has 0 radical (unpaired) electrons. The molecule has 0 saturated carbocycles. The van der Waals surface area contributed by atoms with E-state index in [0.29, 0.717) is 19.4 Å². The highest BCUT2D eigenvalue weighted by atomic mass is 16.7. The van der Waals surface area contributed by atoms with Gasteiger partial charge >= 0.3 is 5.97 Å². The van der Waals surface area contributed by atoms with E-state index in [1.807, 2.05) is 60.7 Å². The molecule has 2 aromatic rings. The van der Waals surface area contributed by atoms with Crippen molar-refractivity contribution in [3.63, 3.8) is 0 Å². The molecule has 1 aliphatic heterocycles. The minimum absolute atomic E-state index is 0.0177. The SMILES string of the molecule is COCO[C@@H]([C@@H]1OC(=O)CC[C@@H]1OCc1ccccc1)[C@H](OCOC)c1ccccc1. The van der Waals surface area contributed by atoms with E-state index in [-0.39, 0.29) is 25.7 Å². The van der Waals surface area contributed by atoms with Gasteiger partial charge in [-0.1, -0.05) is 60.7 Å². The van der Waals surface area contributed by atoms with E-state index in [0.717, 1.165) is 11.1 Å². The predicted molar refractivity (Wildman–Crippen MR) is 113 cm³/mol. The van der Waals surface area contributed by atoms with Gasteiger partial charge in [0.2, 0.25) is 0 Å². The van der Waals surface area contributed by atoms with Gasteiger partial charge in [0.25, 0.3) is 0 Å². The van der Waals surface area contributed by atoms with Gasteiger partial charge in [0.05, 0.1) is 12.7 Å². The molecule has 168 valence electrons. The number of ether oxygens (including phenoxy) is 6. The van der Waals surface area contributed by atoms with Crippen LogP contribution in [0.15, 0.2) is 60.7 Å². The lowest BCUT2D eigenvalue weighted by atomic mass is 9.93. The van der Waals surface area contributed by atoms with Crippen molar-refractivity contribution in [3.05, 3.63) is 71.8 Å². The Morgan fingerprint density at radius 1 is 0.935 bits per heavy atom. The van der Waals surface area contributed by atoms with Crippen LogP contribution in [0.3, 0.4) is 0 Å². The predicted octanol–water partition coefficient (Wildman–Crippen LogP) is 3.63. The largest absolute Gasteiger partial charge is 0.457 e. The summed E-state index contributed by atoms with van der Waals surface area (Å²) in [5.41, 5.74) is 1.92. The molecule has 3 rings (SSSR count). The van der Waals surface area contributed by atoms with Crippen LogP contribution in [0.1, 0.15) is 30.1 Å². The van der Waals surface area contributed by atoms with Crippen molar-refractivity contribution in [1.82, 2.24) is 0 Å². The fourth-order valence-corrected chi connectivity index (χ4v) is 3.61. The first-order chi connectivity index (χ1) is 15.2. The molecular formula is C24H30O7. The van der Waals surface area contributed by atoms with E-state index in [2.05, 4.69) is 0 Å². The van der Waals surface area contributed by atoms with Crippen LogP contribution in [0, 0.1) is 0 Å². The lowest BCUT2D eigenvalue weighted by Gasteiger charge is -2.39. The standard InChI is InChI=1S/C24H30O7/c1-26-16-29-22(19-11-7-4-8-12-19)24(30-17-27-2)23-20(13-14-21(25)31-23)28-15-18-9-5-3-6-10-18/h3-12,20,22-24H,13-17H2,1-2H3/t20-,22+,23+,24+/m0/s1. The Morgan fingerprint density at radius 2 is 1.58 bits per heavy atom. The summed E-state index contributed by atoms with van der Waals surface area (Å²) >= 11 is 0. The third kappa shape index (κ3) is 6.85. The van der Waals surface area contributed by atoms with Crippen molar-refractivity contribution in [2.24, 2.45) is 0 Å². The summed E-state index contributed by atoms with van der Waals surface area (Å²) in [5, 5.41) is 0. The Hall–Kier alpha value is -2.29. The topological polar surface area (TPSA) is 72.5 Å². The second-order valence-electron chi connectivity index (χ2n) is 7.27. The Morgan fingerprint density at radius 3 is 2.26 bits per heavy atom. The summed E-state index contributed by atoms with van der Waals surface area (Å²) in [5.74, 6) is -0.283. The minimum Gasteiger partial charge on any atom is -0.457 e. The first-order valence-corrected chi connectivity index (χ1v) is 10.3. The van der Waals surface area contributed by atoms with Crippen LogP contribution in [0.5, 0.6) is 0 Å². The monoisotopic (exact) mass is 430 g/mol. The maximum Gasteiger partial charge on any atom is 0.306 e. The van der Waals surface area contributed by atoms with Gasteiger partial charge in [-0.2, -0.15) is 0 Å². The molecule has 1 heterocycles. The van der Waals surface area contributed by atoms with E-state index < -0.39 is 18.3 Å². The average Bonchev–Trinajstić information content (AvgIpc) is 2.81. The zero-order chi connectivity index (χ0) is 21.9. The molecule has 1 aliphatic rings. The van der Waals surface area contributed by atoms with E-state index >= 15 is 0 Å². The highest BCUT2D eigenvalue weighted by molar-refractivity contribution is 5.70. The van der Waals surface area contributed by atoms with Crippen LogP contribution >= 0.6 is 0 Å². The molecule has 1 saturated heterocycles. The van der Waals surface area contributed by atoms with Gasteiger partial charge < -0.3 is 28.4 Å².